The summed E-state index contributed by atoms with van der Waals surface area (Å²) in [6, 6.07) is 0.379. The Balaban J connectivity index is 1.91. The van der Waals surface area contributed by atoms with Crippen LogP contribution in [-0.2, 0) is 6.54 Å². The fraction of sp³-hybridized carbons (Fsp3) is 0.200. The van der Waals surface area contributed by atoms with Gasteiger partial charge in [-0.25, -0.2) is 0 Å². The number of hydrogen-bond donors (Lipinski definition) is 2. The van der Waals surface area contributed by atoms with E-state index in [-0.39, 0.29) is 0 Å². The van der Waals surface area contributed by atoms with E-state index in [1.165, 1.54) is 6.39 Å². The van der Waals surface area contributed by atoms with Gasteiger partial charge < -0.3 is 9.73 Å². The molecule has 0 saturated heterocycles. The van der Waals surface area contributed by atoms with Crippen molar-refractivity contribution < 1.29 is 4.42 Å². The predicted molar refractivity (Wildman–Crippen MR) is 38.0 cm³/mol. The van der Waals surface area contributed by atoms with E-state index in [2.05, 4.69) is 30.9 Å². The average Bonchev–Trinajstić information content (AvgIpc) is 2.74. The molecule has 7 heteroatoms. The Kier molecular flexibility index (Phi) is 1.69. The Morgan fingerprint density at radius 1 is 1.50 bits per heavy atom. The highest BCUT2D eigenvalue weighted by Crippen LogP contribution is 2.00. The first-order valence-corrected chi connectivity index (χ1v) is 3.30. The zero-order valence-corrected chi connectivity index (χ0v) is 6.06. The van der Waals surface area contributed by atoms with Gasteiger partial charge in [0, 0.05) is 0 Å². The van der Waals surface area contributed by atoms with Crippen LogP contribution in [0.5, 0.6) is 0 Å². The molecule has 0 fully saturated rings. The smallest absolute Gasteiger partial charge is 0.315 e. The summed E-state index contributed by atoms with van der Waals surface area (Å²) in [5, 5.41) is 19.8. The minimum Gasteiger partial charge on any atom is -0.411 e. The number of H-pyrrole nitrogens is 1. The van der Waals surface area contributed by atoms with Crippen LogP contribution in [0.4, 0.5) is 6.01 Å². The minimum absolute atomic E-state index is 0.379. The molecule has 0 aliphatic carbocycles. The normalized spacial score (nSPS) is 10.0. The molecule has 2 heterocycles. The standard InChI is InChI=1S/C5H6N6O/c1(4-2-7-11-9-4)6-5-10-8-3-12-5/h2-3H,1H2,(H,6,10)(H,7,9,11). The lowest BCUT2D eigenvalue weighted by molar-refractivity contribution is 0.565. The van der Waals surface area contributed by atoms with Crippen LogP contribution in [0, 0.1) is 0 Å². The number of anilines is 1. The van der Waals surface area contributed by atoms with Gasteiger partial charge in [-0.2, -0.15) is 0 Å². The van der Waals surface area contributed by atoms with Gasteiger partial charge in [0.25, 0.3) is 0 Å². The fourth-order valence-corrected chi connectivity index (χ4v) is 0.727. The van der Waals surface area contributed by atoms with E-state index >= 15 is 0 Å². The highest BCUT2D eigenvalue weighted by atomic mass is 16.4. The van der Waals surface area contributed by atoms with Crippen LogP contribution in [-0.4, -0.2) is 25.6 Å². The van der Waals surface area contributed by atoms with Crippen molar-refractivity contribution in [2.75, 3.05) is 5.32 Å². The molecule has 0 atom stereocenters. The van der Waals surface area contributed by atoms with Crippen molar-refractivity contribution >= 4 is 6.01 Å². The molecule has 7 nitrogen and oxygen atoms in total. The average molecular weight is 166 g/mol. The summed E-state index contributed by atoms with van der Waals surface area (Å²) in [5.74, 6) is 0. The van der Waals surface area contributed by atoms with E-state index in [0.717, 1.165) is 5.69 Å². The summed E-state index contributed by atoms with van der Waals surface area (Å²) in [5.41, 5.74) is 0.855. The van der Waals surface area contributed by atoms with Gasteiger partial charge in [-0.05, 0) is 0 Å². The number of nitrogens with one attached hydrogen (secondary N) is 2. The van der Waals surface area contributed by atoms with Gasteiger partial charge in [0.15, 0.2) is 0 Å². The van der Waals surface area contributed by atoms with Crippen LogP contribution in [0.25, 0.3) is 0 Å². The zero-order chi connectivity index (χ0) is 8.23. The van der Waals surface area contributed by atoms with Crippen molar-refractivity contribution in [3.8, 4) is 0 Å². The summed E-state index contributed by atoms with van der Waals surface area (Å²) in [7, 11) is 0. The van der Waals surface area contributed by atoms with Crippen molar-refractivity contribution in [1.29, 1.82) is 0 Å². The van der Waals surface area contributed by atoms with Gasteiger partial charge in [0.05, 0.1) is 18.4 Å². The lowest BCUT2D eigenvalue weighted by Gasteiger charge is -1.94. The fourth-order valence-electron chi connectivity index (χ4n) is 0.727. The maximum absolute atomic E-state index is 4.84. The molecule has 0 bridgehead atoms. The molecule has 12 heavy (non-hydrogen) atoms. The molecule has 0 radical (unpaired) electrons. The maximum atomic E-state index is 4.84. The third-order valence-corrected chi connectivity index (χ3v) is 1.26. The molecule has 0 aromatic carbocycles. The van der Waals surface area contributed by atoms with Crippen LogP contribution in [0.3, 0.4) is 0 Å². The van der Waals surface area contributed by atoms with E-state index in [4.69, 9.17) is 4.42 Å². The number of aromatic amines is 1. The molecular formula is C5H6N6O. The molecule has 62 valence electrons. The Morgan fingerprint density at radius 3 is 3.17 bits per heavy atom. The molecule has 2 aromatic heterocycles. The second kappa shape index (κ2) is 2.99. The van der Waals surface area contributed by atoms with Crippen molar-refractivity contribution in [2.24, 2.45) is 0 Å². The molecule has 2 rings (SSSR count). The number of aromatic nitrogens is 5. The van der Waals surface area contributed by atoms with Crippen LogP contribution < -0.4 is 5.32 Å². The summed E-state index contributed by atoms with van der Waals surface area (Å²) < 4.78 is 4.84. The van der Waals surface area contributed by atoms with Gasteiger partial charge in [0.1, 0.15) is 0 Å². The van der Waals surface area contributed by atoms with E-state index < -0.39 is 0 Å². The van der Waals surface area contributed by atoms with Crippen LogP contribution >= 0.6 is 0 Å². The minimum atomic E-state index is 0.379. The van der Waals surface area contributed by atoms with Crippen molar-refractivity contribution in [1.82, 2.24) is 25.6 Å². The lowest BCUT2D eigenvalue weighted by Crippen LogP contribution is -1.99. The third kappa shape index (κ3) is 1.39. The summed E-state index contributed by atoms with van der Waals surface area (Å²) in [6.45, 7) is 0.537. The summed E-state index contributed by atoms with van der Waals surface area (Å²) in [4.78, 5) is 0. The molecule has 0 aliphatic heterocycles. The molecule has 0 amide bonds. The number of hydrogen-bond acceptors (Lipinski definition) is 6. The first-order valence-electron chi connectivity index (χ1n) is 3.30. The van der Waals surface area contributed by atoms with Gasteiger partial charge in [-0.1, -0.05) is 10.3 Å². The highest BCUT2D eigenvalue weighted by Gasteiger charge is 1.98. The summed E-state index contributed by atoms with van der Waals surface area (Å²) >= 11 is 0. The number of nitrogens with zero attached hydrogens (tertiary/aromatic N) is 4. The Morgan fingerprint density at radius 2 is 2.50 bits per heavy atom. The first-order chi connectivity index (χ1) is 5.95. The first kappa shape index (κ1) is 6.77. The maximum Gasteiger partial charge on any atom is 0.315 e. The third-order valence-electron chi connectivity index (χ3n) is 1.26. The zero-order valence-electron chi connectivity index (χ0n) is 6.06. The van der Waals surface area contributed by atoms with Crippen LogP contribution in [0.15, 0.2) is 17.0 Å². The van der Waals surface area contributed by atoms with Gasteiger partial charge >= 0.3 is 6.01 Å². The van der Waals surface area contributed by atoms with E-state index in [9.17, 15) is 0 Å². The molecular weight excluding hydrogens is 160 g/mol. The van der Waals surface area contributed by atoms with E-state index in [1.54, 1.807) is 6.20 Å². The van der Waals surface area contributed by atoms with Gasteiger partial charge in [-0.3, -0.25) is 5.10 Å². The SMILES string of the molecule is c1nnc(NCc2cnn[nH]2)o1. The molecule has 2 N–H and O–H groups in total. The number of rotatable bonds is 3. The molecule has 0 spiro atoms. The quantitative estimate of drug-likeness (QED) is 0.655. The molecule has 0 saturated carbocycles. The topological polar surface area (TPSA) is 92.5 Å². The van der Waals surface area contributed by atoms with Crippen molar-refractivity contribution in [3.63, 3.8) is 0 Å². The highest BCUT2D eigenvalue weighted by molar-refractivity contribution is 5.16. The molecule has 0 unspecified atom stereocenters. The lowest BCUT2D eigenvalue weighted by atomic mass is 10.5. The molecule has 2 aromatic rings. The summed E-state index contributed by atoms with van der Waals surface area (Å²) in [6.07, 6.45) is 2.87. The Bertz CT molecular complexity index is 279. The second-order valence-electron chi connectivity index (χ2n) is 2.08. The Labute approximate surface area is 67.2 Å². The Hall–Kier alpha value is -1.92. The monoisotopic (exact) mass is 166 g/mol. The van der Waals surface area contributed by atoms with Crippen molar-refractivity contribution in [2.45, 2.75) is 6.54 Å². The predicted octanol–water partition coefficient (Wildman–Crippen LogP) is -0.200. The van der Waals surface area contributed by atoms with Crippen LogP contribution in [0.1, 0.15) is 5.69 Å². The van der Waals surface area contributed by atoms with Gasteiger partial charge in [0.2, 0.25) is 6.39 Å². The van der Waals surface area contributed by atoms with E-state index in [0.29, 0.717) is 12.6 Å². The molecule has 0 aliphatic rings. The van der Waals surface area contributed by atoms with Crippen LogP contribution in [0.2, 0.25) is 0 Å². The van der Waals surface area contributed by atoms with Gasteiger partial charge in [-0.15, -0.1) is 10.2 Å². The second-order valence-corrected chi connectivity index (χ2v) is 2.08. The van der Waals surface area contributed by atoms with Crippen molar-refractivity contribution in [3.05, 3.63) is 18.3 Å². The largest absolute Gasteiger partial charge is 0.411 e. The van der Waals surface area contributed by atoms with E-state index in [1.807, 2.05) is 0 Å².